The van der Waals surface area contributed by atoms with Crippen LogP contribution in [-0.4, -0.2) is 0 Å². The monoisotopic (exact) mass is 408 g/mol. The summed E-state index contributed by atoms with van der Waals surface area (Å²) in [4.78, 5) is 12.0. The summed E-state index contributed by atoms with van der Waals surface area (Å²) in [5, 5.41) is 0.592. The molecular formula is C19H13BrFeO2+2. The third kappa shape index (κ3) is 4.95. The van der Waals surface area contributed by atoms with Crippen molar-refractivity contribution in [3.8, 4) is 0 Å². The van der Waals surface area contributed by atoms with E-state index in [2.05, 4.69) is 15.9 Å². The Kier molecular flexibility index (Phi) is 7.39. The standard InChI is InChI=1S/C14H8BrO2.C5H5.Fe/c15-10-5-6-13-11(7-10)12(16)8-14(17-13)9-3-1-2-4-9;1-2-4-5-3-1;/h1-8H;1-5H;/q;;+2. The molecule has 10 radical (unpaired) electrons. The maximum Gasteiger partial charge on any atom is 2.00 e. The molecule has 0 unspecified atom stereocenters. The maximum atomic E-state index is 12.0. The molecule has 114 valence electrons. The van der Waals surface area contributed by atoms with Gasteiger partial charge in [0.15, 0.2) is 5.43 Å². The van der Waals surface area contributed by atoms with Crippen LogP contribution >= 0.6 is 15.9 Å². The Morgan fingerprint density at radius 1 is 0.826 bits per heavy atom. The topological polar surface area (TPSA) is 30.2 Å². The first-order valence-electron chi connectivity index (χ1n) is 6.86. The molecule has 0 aliphatic heterocycles. The molecule has 2 saturated carbocycles. The van der Waals surface area contributed by atoms with E-state index in [1.165, 1.54) is 6.07 Å². The minimum atomic E-state index is -0.0243. The fourth-order valence-electron chi connectivity index (χ4n) is 2.13. The van der Waals surface area contributed by atoms with Gasteiger partial charge in [0.2, 0.25) is 0 Å². The van der Waals surface area contributed by atoms with Crippen LogP contribution in [0, 0.1) is 63.7 Å². The predicted molar refractivity (Wildman–Crippen MR) is 91.2 cm³/mol. The number of hydrogen-bond acceptors (Lipinski definition) is 2. The van der Waals surface area contributed by atoms with Crippen LogP contribution in [0.25, 0.3) is 11.0 Å². The van der Waals surface area contributed by atoms with Crippen molar-refractivity contribution in [1.29, 1.82) is 0 Å². The fraction of sp³-hybridized carbons (Fsp3) is 0. The molecule has 4 heteroatoms. The van der Waals surface area contributed by atoms with Gasteiger partial charge in [0.05, 0.1) is 5.39 Å². The van der Waals surface area contributed by atoms with Crippen LogP contribution < -0.4 is 5.43 Å². The summed E-state index contributed by atoms with van der Waals surface area (Å²) in [6, 6.07) is 6.97. The van der Waals surface area contributed by atoms with E-state index in [9.17, 15) is 4.79 Å². The van der Waals surface area contributed by atoms with Crippen LogP contribution in [0.1, 0.15) is 5.76 Å². The first-order valence-corrected chi connectivity index (χ1v) is 7.65. The van der Waals surface area contributed by atoms with Crippen LogP contribution in [0.3, 0.4) is 0 Å². The van der Waals surface area contributed by atoms with E-state index in [0.29, 0.717) is 16.7 Å². The molecule has 2 nitrogen and oxygen atoms in total. The van der Waals surface area contributed by atoms with E-state index in [1.54, 1.807) is 12.1 Å². The summed E-state index contributed by atoms with van der Waals surface area (Å²) in [7, 11) is 0. The minimum absolute atomic E-state index is 0. The summed E-state index contributed by atoms with van der Waals surface area (Å²) in [5.41, 5.74) is 0.584. The molecule has 0 spiro atoms. The number of halogens is 1. The maximum absolute atomic E-state index is 12.0. The van der Waals surface area contributed by atoms with Gasteiger partial charge in [0.25, 0.3) is 0 Å². The Bertz CT molecular complexity index is 678. The molecule has 1 heterocycles. The van der Waals surface area contributed by atoms with E-state index in [4.69, 9.17) is 4.42 Å². The van der Waals surface area contributed by atoms with Crippen molar-refractivity contribution in [1.82, 2.24) is 0 Å². The third-order valence-electron chi connectivity index (χ3n) is 3.19. The van der Waals surface area contributed by atoms with E-state index >= 15 is 0 Å². The molecule has 1 aromatic carbocycles. The van der Waals surface area contributed by atoms with Crippen molar-refractivity contribution in [2.24, 2.45) is 0 Å². The van der Waals surface area contributed by atoms with Crippen molar-refractivity contribution in [2.45, 2.75) is 0 Å². The van der Waals surface area contributed by atoms with Crippen LogP contribution in [0.15, 0.2) is 37.9 Å². The second-order valence-corrected chi connectivity index (χ2v) is 5.67. The molecule has 2 aliphatic carbocycles. The van der Waals surface area contributed by atoms with E-state index < -0.39 is 0 Å². The van der Waals surface area contributed by atoms with Crippen LogP contribution in [0.5, 0.6) is 0 Å². The van der Waals surface area contributed by atoms with E-state index in [-0.39, 0.29) is 22.5 Å². The van der Waals surface area contributed by atoms with Crippen molar-refractivity contribution in [3.63, 3.8) is 0 Å². The number of hydrogen-bond donors (Lipinski definition) is 0. The average Bonchev–Trinajstić information content (AvgIpc) is 3.24. The van der Waals surface area contributed by atoms with Gasteiger partial charge in [0.1, 0.15) is 11.3 Å². The van der Waals surface area contributed by atoms with Crippen molar-refractivity contribution in [2.75, 3.05) is 0 Å². The first-order chi connectivity index (χ1) is 10.7. The van der Waals surface area contributed by atoms with Crippen molar-refractivity contribution in [3.05, 3.63) is 108 Å². The third-order valence-corrected chi connectivity index (χ3v) is 3.69. The van der Waals surface area contributed by atoms with Gasteiger partial charge in [0, 0.05) is 16.5 Å². The largest absolute Gasteiger partial charge is 2.00 e. The van der Waals surface area contributed by atoms with E-state index in [1.807, 2.05) is 63.9 Å². The molecule has 1 aromatic heterocycles. The van der Waals surface area contributed by atoms with E-state index in [0.717, 1.165) is 10.4 Å². The van der Waals surface area contributed by atoms with Gasteiger partial charge in [-0.25, -0.2) is 0 Å². The average molecular weight is 409 g/mol. The molecule has 0 saturated heterocycles. The smallest absolute Gasteiger partial charge is 0.460 e. The zero-order valence-corrected chi connectivity index (χ0v) is 14.7. The Balaban J connectivity index is 0.000000276. The van der Waals surface area contributed by atoms with Gasteiger partial charge in [-0.1, -0.05) is 15.9 Å². The Morgan fingerprint density at radius 2 is 1.43 bits per heavy atom. The summed E-state index contributed by atoms with van der Waals surface area (Å²) >= 11 is 3.34. The normalized spacial score (nSPS) is 17.6. The summed E-state index contributed by atoms with van der Waals surface area (Å²) < 4.78 is 6.59. The summed E-state index contributed by atoms with van der Waals surface area (Å²) in [6.45, 7) is 0. The Hall–Kier alpha value is -0.571. The fourth-order valence-corrected chi connectivity index (χ4v) is 2.49. The Morgan fingerprint density at radius 3 is 2.04 bits per heavy atom. The second-order valence-electron chi connectivity index (χ2n) is 4.75. The number of fused-ring (bicyclic) bond motifs is 1. The molecule has 2 aliphatic rings. The molecule has 0 atom stereocenters. The number of rotatable bonds is 1. The molecule has 0 amide bonds. The molecule has 2 fully saturated rings. The van der Waals surface area contributed by atoms with Crippen LogP contribution in [-0.2, 0) is 17.1 Å². The molecule has 23 heavy (non-hydrogen) atoms. The van der Waals surface area contributed by atoms with Crippen LogP contribution in [0.2, 0.25) is 0 Å². The quantitative estimate of drug-likeness (QED) is 0.657. The van der Waals surface area contributed by atoms with Gasteiger partial charge < -0.3 is 4.42 Å². The zero-order valence-electron chi connectivity index (χ0n) is 12.1. The predicted octanol–water partition coefficient (Wildman–Crippen LogP) is 4.33. The van der Waals surface area contributed by atoms with Gasteiger partial charge >= 0.3 is 17.1 Å². The SMILES string of the molecule is O=c1cc([C]2[CH][CH][CH][CH]2)oc2ccc(Br)cc12.[CH]1[CH][CH][CH][CH]1.[Fe+2]. The van der Waals surface area contributed by atoms with Crippen molar-refractivity contribution < 1.29 is 21.5 Å². The molecule has 2 aromatic rings. The summed E-state index contributed by atoms with van der Waals surface area (Å²) in [5.74, 6) is 1.53. The minimum Gasteiger partial charge on any atom is -0.460 e. The van der Waals surface area contributed by atoms with Gasteiger partial charge in [-0.2, -0.15) is 0 Å². The Labute approximate surface area is 156 Å². The van der Waals surface area contributed by atoms with Gasteiger partial charge in [-0.15, -0.1) is 0 Å². The zero-order chi connectivity index (χ0) is 15.4. The molecular weight excluding hydrogens is 396 g/mol. The molecule has 0 N–H and O–H groups in total. The molecule has 4 rings (SSSR count). The second kappa shape index (κ2) is 9.05. The summed E-state index contributed by atoms with van der Waals surface area (Å²) in [6.07, 6.45) is 17.7. The van der Waals surface area contributed by atoms with Gasteiger partial charge in [-0.3, -0.25) is 4.79 Å². The van der Waals surface area contributed by atoms with Gasteiger partial charge in [-0.05, 0) is 76.0 Å². The van der Waals surface area contributed by atoms with Crippen LogP contribution in [0.4, 0.5) is 0 Å². The molecule has 0 bridgehead atoms. The first kappa shape index (κ1) is 18.8. The van der Waals surface area contributed by atoms with Crippen molar-refractivity contribution >= 4 is 26.9 Å². The number of benzene rings is 1.